The maximum Gasteiger partial charge on any atom is 0.328 e. The summed E-state index contributed by atoms with van der Waals surface area (Å²) in [5, 5.41) is 15.8. The fourth-order valence-electron chi connectivity index (χ4n) is 2.95. The Hall–Kier alpha value is -3.82. The van der Waals surface area contributed by atoms with Crippen molar-refractivity contribution in [1.29, 1.82) is 0 Å². The maximum absolute atomic E-state index is 13.5. The van der Waals surface area contributed by atoms with E-state index in [9.17, 15) is 28.9 Å². The van der Waals surface area contributed by atoms with Gasteiger partial charge >= 0.3 is 5.97 Å². The highest BCUT2D eigenvalue weighted by molar-refractivity contribution is 5.90. The number of amides is 2. The molecule has 0 radical (unpaired) electrons. The number of hydrogen-bond acceptors (Lipinski definition) is 6. The van der Waals surface area contributed by atoms with Gasteiger partial charge in [0, 0.05) is 31.9 Å². The van der Waals surface area contributed by atoms with Gasteiger partial charge in [-0.1, -0.05) is 24.3 Å². The first kappa shape index (κ1) is 23.5. The number of halogens is 1. The van der Waals surface area contributed by atoms with E-state index in [2.05, 4.69) is 10.6 Å². The number of nitro benzene ring substituents is 1. The molecule has 0 aromatic heterocycles. The molecule has 2 amide bonds. The summed E-state index contributed by atoms with van der Waals surface area (Å²) >= 11 is 0. The maximum atomic E-state index is 13.5. The number of non-ortho nitro benzene ring substituents is 1. The van der Waals surface area contributed by atoms with E-state index in [1.807, 2.05) is 0 Å². The molecule has 0 aliphatic carbocycles. The molecule has 0 aliphatic rings. The molecule has 0 fully saturated rings. The third-order valence-electron chi connectivity index (χ3n) is 4.41. The van der Waals surface area contributed by atoms with Crippen molar-refractivity contribution < 1.29 is 28.4 Å². The monoisotopic (exact) mass is 431 g/mol. The quantitative estimate of drug-likeness (QED) is 0.353. The van der Waals surface area contributed by atoms with Crippen LogP contribution in [0, 0.1) is 15.9 Å². The second-order valence-corrected chi connectivity index (χ2v) is 6.80. The van der Waals surface area contributed by atoms with Crippen molar-refractivity contribution in [3.8, 4) is 0 Å². The molecule has 2 aromatic rings. The number of carbonyl (C=O) groups excluding carboxylic acids is 3. The number of methoxy groups -OCH3 is 1. The minimum absolute atomic E-state index is 0.00853. The Balaban J connectivity index is 2.17. The molecule has 2 N–H and O–H groups in total. The predicted molar refractivity (Wildman–Crippen MR) is 108 cm³/mol. The fraction of sp³-hybridized carbons (Fsp3) is 0.286. The van der Waals surface area contributed by atoms with Gasteiger partial charge in [0.05, 0.1) is 12.0 Å². The van der Waals surface area contributed by atoms with Gasteiger partial charge in [0.2, 0.25) is 11.8 Å². The smallest absolute Gasteiger partial charge is 0.328 e. The first-order valence-corrected chi connectivity index (χ1v) is 9.32. The highest BCUT2D eigenvalue weighted by atomic mass is 19.1. The van der Waals surface area contributed by atoms with Gasteiger partial charge < -0.3 is 15.4 Å². The Bertz CT molecular complexity index is 964. The molecule has 0 unspecified atom stereocenters. The number of nitrogens with zero attached hydrogens (tertiary/aromatic N) is 1. The number of esters is 1. The topological polar surface area (TPSA) is 128 Å². The van der Waals surface area contributed by atoms with Crippen LogP contribution in [-0.2, 0) is 32.0 Å². The lowest BCUT2D eigenvalue weighted by molar-refractivity contribution is -0.384. The van der Waals surface area contributed by atoms with E-state index in [1.54, 1.807) is 6.07 Å². The van der Waals surface area contributed by atoms with Crippen molar-refractivity contribution >= 4 is 23.5 Å². The number of rotatable bonds is 9. The highest BCUT2D eigenvalue weighted by Gasteiger charge is 2.27. The molecular formula is C21H22FN3O6. The number of nitrogens with one attached hydrogen (secondary N) is 2. The van der Waals surface area contributed by atoms with E-state index >= 15 is 0 Å². The van der Waals surface area contributed by atoms with Crippen LogP contribution in [-0.4, -0.2) is 41.9 Å². The van der Waals surface area contributed by atoms with Gasteiger partial charge in [-0.3, -0.25) is 19.7 Å². The molecule has 0 saturated heterocycles. The molecule has 0 aliphatic heterocycles. The average molecular weight is 431 g/mol. The minimum Gasteiger partial charge on any atom is -0.467 e. The normalized spacial score (nSPS) is 12.4. The van der Waals surface area contributed by atoms with Crippen molar-refractivity contribution in [2.24, 2.45) is 0 Å². The van der Waals surface area contributed by atoms with Gasteiger partial charge in [-0.05, 0) is 23.3 Å². The summed E-state index contributed by atoms with van der Waals surface area (Å²) in [6, 6.07) is 8.97. The molecular weight excluding hydrogens is 409 g/mol. The van der Waals surface area contributed by atoms with Crippen LogP contribution in [0.5, 0.6) is 0 Å². The lowest BCUT2D eigenvalue weighted by Crippen LogP contribution is -2.53. The minimum atomic E-state index is -1.09. The van der Waals surface area contributed by atoms with Gasteiger partial charge in [0.25, 0.3) is 5.69 Å². The third kappa shape index (κ3) is 7.18. The van der Waals surface area contributed by atoms with Gasteiger partial charge in [0.15, 0.2) is 0 Å². The summed E-state index contributed by atoms with van der Waals surface area (Å²) in [4.78, 5) is 46.8. The van der Waals surface area contributed by atoms with Crippen molar-refractivity contribution in [1.82, 2.24) is 10.6 Å². The zero-order valence-electron chi connectivity index (χ0n) is 17.0. The molecule has 2 rings (SSSR count). The first-order valence-electron chi connectivity index (χ1n) is 9.32. The average Bonchev–Trinajstić information content (AvgIpc) is 2.72. The molecule has 164 valence electrons. The summed E-state index contributed by atoms with van der Waals surface area (Å²) in [6.45, 7) is 1.24. The van der Waals surface area contributed by atoms with Crippen LogP contribution in [0.2, 0.25) is 0 Å². The Morgan fingerprint density at radius 1 is 1.03 bits per heavy atom. The van der Waals surface area contributed by atoms with Crippen molar-refractivity contribution in [3.05, 3.63) is 75.6 Å². The van der Waals surface area contributed by atoms with Crippen LogP contribution in [0.3, 0.4) is 0 Å². The van der Waals surface area contributed by atoms with Gasteiger partial charge in [-0.2, -0.15) is 0 Å². The van der Waals surface area contributed by atoms with Crippen LogP contribution in [0.1, 0.15) is 18.1 Å². The van der Waals surface area contributed by atoms with Crippen molar-refractivity contribution in [2.45, 2.75) is 31.8 Å². The summed E-state index contributed by atoms with van der Waals surface area (Å²) in [6.07, 6.45) is 0.0256. The van der Waals surface area contributed by atoms with E-state index in [-0.39, 0.29) is 18.5 Å². The summed E-state index contributed by atoms with van der Waals surface area (Å²) < 4.78 is 18.2. The zero-order chi connectivity index (χ0) is 23.0. The van der Waals surface area contributed by atoms with Crippen molar-refractivity contribution in [2.75, 3.05) is 7.11 Å². The van der Waals surface area contributed by atoms with Gasteiger partial charge in [-0.25, -0.2) is 9.18 Å². The predicted octanol–water partition coefficient (Wildman–Crippen LogP) is 1.68. The standard InChI is InChI=1S/C21H22FN3O6/c1-13(26)23-18(12-15-4-3-5-16(22)10-15)20(27)24-19(21(28)31-2)11-14-6-8-17(9-7-14)25(29)30/h3-10,18-19H,11-12H2,1-2H3,(H,23,26)(H,24,27)/t18-,19-/m1/s1. The van der Waals surface area contributed by atoms with Gasteiger partial charge in [0.1, 0.15) is 17.9 Å². The van der Waals surface area contributed by atoms with E-state index in [4.69, 9.17) is 4.74 Å². The van der Waals surface area contributed by atoms with E-state index in [0.717, 1.165) is 7.11 Å². The molecule has 0 saturated carbocycles. The molecule has 9 nitrogen and oxygen atoms in total. The second-order valence-electron chi connectivity index (χ2n) is 6.80. The number of nitro groups is 1. The Labute approximate surface area is 177 Å². The van der Waals surface area contributed by atoms with Crippen molar-refractivity contribution in [3.63, 3.8) is 0 Å². The highest BCUT2D eigenvalue weighted by Crippen LogP contribution is 2.14. The van der Waals surface area contributed by atoms with Crippen LogP contribution < -0.4 is 10.6 Å². The number of benzene rings is 2. The van der Waals surface area contributed by atoms with E-state index in [0.29, 0.717) is 11.1 Å². The molecule has 10 heteroatoms. The molecule has 2 aromatic carbocycles. The lowest BCUT2D eigenvalue weighted by Gasteiger charge is -2.22. The first-order chi connectivity index (χ1) is 14.7. The van der Waals surface area contributed by atoms with Crippen LogP contribution in [0.15, 0.2) is 48.5 Å². The molecule has 2 atom stereocenters. The summed E-state index contributed by atoms with van der Waals surface area (Å²) in [5.41, 5.74) is 0.935. The largest absolute Gasteiger partial charge is 0.467 e. The Morgan fingerprint density at radius 3 is 2.23 bits per heavy atom. The third-order valence-corrected chi connectivity index (χ3v) is 4.41. The van der Waals surface area contributed by atoms with Crippen LogP contribution in [0.25, 0.3) is 0 Å². The van der Waals surface area contributed by atoms with E-state index in [1.165, 1.54) is 49.4 Å². The molecule has 0 bridgehead atoms. The summed E-state index contributed by atoms with van der Waals surface area (Å²) in [5.74, 6) is -2.33. The van der Waals surface area contributed by atoms with Gasteiger partial charge in [-0.15, -0.1) is 0 Å². The Morgan fingerprint density at radius 2 is 1.68 bits per heavy atom. The second kappa shape index (κ2) is 10.8. The SMILES string of the molecule is COC(=O)[C@@H](Cc1ccc([N+](=O)[O-])cc1)NC(=O)[C@@H](Cc1cccc(F)c1)NC(C)=O. The number of carbonyl (C=O) groups is 3. The number of ether oxygens (including phenoxy) is 1. The lowest BCUT2D eigenvalue weighted by atomic mass is 10.0. The van der Waals surface area contributed by atoms with Crippen LogP contribution in [0.4, 0.5) is 10.1 Å². The molecule has 31 heavy (non-hydrogen) atoms. The van der Waals surface area contributed by atoms with E-state index < -0.39 is 40.6 Å². The van der Waals surface area contributed by atoms with Crippen LogP contribution >= 0.6 is 0 Å². The fourth-order valence-corrected chi connectivity index (χ4v) is 2.95. The number of hydrogen-bond donors (Lipinski definition) is 2. The molecule has 0 spiro atoms. The Kier molecular flexibility index (Phi) is 8.18. The zero-order valence-corrected chi connectivity index (χ0v) is 17.0. The molecule has 0 heterocycles. The summed E-state index contributed by atoms with van der Waals surface area (Å²) in [7, 11) is 1.16.